The van der Waals surface area contributed by atoms with E-state index in [1.165, 1.54) is 19.2 Å². The van der Waals surface area contributed by atoms with E-state index in [0.29, 0.717) is 24.0 Å². The molecular formula is C24H25F2N5O3. The van der Waals surface area contributed by atoms with Gasteiger partial charge >= 0.3 is 0 Å². The Kier molecular flexibility index (Phi) is 5.68. The third-order valence-corrected chi connectivity index (χ3v) is 6.87. The normalized spacial score (nSPS) is 20.4. The zero-order valence-corrected chi connectivity index (χ0v) is 18.7. The largest absolute Gasteiger partial charge is 0.355 e. The molecule has 2 aliphatic heterocycles. The molecule has 2 aromatic heterocycles. The summed E-state index contributed by atoms with van der Waals surface area (Å²) in [4.78, 5) is 42.0. The Morgan fingerprint density at radius 1 is 1.18 bits per heavy atom. The monoisotopic (exact) mass is 469 g/mol. The van der Waals surface area contributed by atoms with Crippen molar-refractivity contribution in [1.82, 2.24) is 25.1 Å². The Labute approximate surface area is 193 Å². The van der Waals surface area contributed by atoms with Crippen LogP contribution >= 0.6 is 0 Å². The van der Waals surface area contributed by atoms with E-state index in [4.69, 9.17) is 0 Å². The lowest BCUT2D eigenvalue weighted by atomic mass is 9.88. The SMILES string of the molecule is CNC(=O)c1cc2c(CN3CC[C@@H]4C(=O)NC[C@H]4C3)cn(Cc3ccc(F)cc3F)c2c(=O)[nH]1. The average molecular weight is 469 g/mol. The van der Waals surface area contributed by atoms with Gasteiger partial charge in [-0.15, -0.1) is 0 Å². The lowest BCUT2D eigenvalue weighted by Crippen LogP contribution is -2.40. The number of carbonyl (C=O) groups excluding carboxylic acids is 2. The highest BCUT2D eigenvalue weighted by Gasteiger charge is 2.38. The van der Waals surface area contributed by atoms with E-state index in [1.54, 1.807) is 16.8 Å². The quantitative estimate of drug-likeness (QED) is 0.529. The van der Waals surface area contributed by atoms with Crippen molar-refractivity contribution >= 4 is 22.7 Å². The molecule has 3 N–H and O–H groups in total. The molecular weight excluding hydrogens is 444 g/mol. The Hall–Kier alpha value is -3.53. The second-order valence-electron chi connectivity index (χ2n) is 9.01. The van der Waals surface area contributed by atoms with Crippen LogP contribution in [0.1, 0.15) is 28.0 Å². The summed E-state index contributed by atoms with van der Waals surface area (Å²) >= 11 is 0. The number of aromatic amines is 1. The summed E-state index contributed by atoms with van der Waals surface area (Å²) < 4.78 is 29.4. The predicted molar refractivity (Wildman–Crippen MR) is 121 cm³/mol. The van der Waals surface area contributed by atoms with Crippen molar-refractivity contribution in [3.05, 3.63) is 69.3 Å². The summed E-state index contributed by atoms with van der Waals surface area (Å²) in [6.07, 6.45) is 2.56. The molecule has 0 bridgehead atoms. The molecule has 1 aromatic carbocycles. The summed E-state index contributed by atoms with van der Waals surface area (Å²) in [6.45, 7) is 2.69. The van der Waals surface area contributed by atoms with Crippen LogP contribution in [-0.4, -0.2) is 52.9 Å². The number of H-pyrrole nitrogens is 1. The van der Waals surface area contributed by atoms with Crippen LogP contribution in [0.3, 0.4) is 0 Å². The van der Waals surface area contributed by atoms with E-state index in [9.17, 15) is 23.2 Å². The van der Waals surface area contributed by atoms with Gasteiger partial charge in [-0.3, -0.25) is 19.3 Å². The minimum Gasteiger partial charge on any atom is -0.355 e. The van der Waals surface area contributed by atoms with Crippen molar-refractivity contribution in [3.63, 3.8) is 0 Å². The molecule has 8 nitrogen and oxygen atoms in total. The smallest absolute Gasteiger partial charge is 0.273 e. The van der Waals surface area contributed by atoms with Gasteiger partial charge in [-0.05, 0) is 30.7 Å². The van der Waals surface area contributed by atoms with Gasteiger partial charge in [0, 0.05) is 61.7 Å². The first-order valence-electron chi connectivity index (χ1n) is 11.2. The Morgan fingerprint density at radius 3 is 2.76 bits per heavy atom. The Bertz CT molecular complexity index is 1350. The number of nitrogens with one attached hydrogen (secondary N) is 3. The number of likely N-dealkylation sites (tertiary alicyclic amines) is 1. The first kappa shape index (κ1) is 22.3. The number of hydrogen-bond acceptors (Lipinski definition) is 4. The highest BCUT2D eigenvalue weighted by molar-refractivity contribution is 5.96. The van der Waals surface area contributed by atoms with Crippen LogP contribution in [0, 0.1) is 23.5 Å². The lowest BCUT2D eigenvalue weighted by Gasteiger charge is -2.33. The van der Waals surface area contributed by atoms with Crippen molar-refractivity contribution < 1.29 is 18.4 Å². The molecule has 2 amide bonds. The van der Waals surface area contributed by atoms with Crippen LogP contribution in [0.15, 0.2) is 35.3 Å². The standard InChI is InChI=1S/C24H25F2N5O3/c1-27-23(33)20-7-18-15(10-30-5-4-17-14(9-30)8-28-22(17)32)12-31(21(18)24(34)29-20)11-13-2-3-16(25)6-19(13)26/h2-3,6-7,12,14,17H,4-5,8-11H2,1H3,(H,27,33)(H,28,32)(H,29,34)/t14-,17-/m0/s1. The topological polar surface area (TPSA) is 99.2 Å². The summed E-state index contributed by atoms with van der Waals surface area (Å²) in [5.74, 6) is -1.38. The number of pyridine rings is 1. The Balaban J connectivity index is 1.53. The van der Waals surface area contributed by atoms with E-state index in [2.05, 4.69) is 20.5 Å². The van der Waals surface area contributed by atoms with Crippen molar-refractivity contribution in [2.45, 2.75) is 19.5 Å². The van der Waals surface area contributed by atoms with Gasteiger partial charge in [0.15, 0.2) is 0 Å². The molecule has 2 aliphatic rings. The first-order chi connectivity index (χ1) is 16.3. The molecule has 2 fully saturated rings. The fraction of sp³-hybridized carbons (Fsp3) is 0.375. The summed E-state index contributed by atoms with van der Waals surface area (Å²) in [7, 11) is 1.48. The highest BCUT2D eigenvalue weighted by Crippen LogP contribution is 2.30. The third kappa shape index (κ3) is 3.98. The zero-order chi connectivity index (χ0) is 24.0. The maximum atomic E-state index is 14.4. The van der Waals surface area contributed by atoms with Gasteiger partial charge in [0.2, 0.25) is 5.91 Å². The predicted octanol–water partition coefficient (Wildman–Crippen LogP) is 1.58. The van der Waals surface area contributed by atoms with Crippen LogP contribution in [-0.2, 0) is 17.9 Å². The molecule has 0 unspecified atom stereocenters. The molecule has 0 aliphatic carbocycles. The van der Waals surface area contributed by atoms with Crippen molar-refractivity contribution in [1.29, 1.82) is 0 Å². The number of hydrogen-bond donors (Lipinski definition) is 3. The maximum absolute atomic E-state index is 14.4. The second kappa shape index (κ2) is 8.68. The number of piperidine rings is 1. The number of halogens is 2. The fourth-order valence-corrected chi connectivity index (χ4v) is 5.15. The van der Waals surface area contributed by atoms with Gasteiger partial charge in [0.25, 0.3) is 11.5 Å². The number of benzene rings is 1. The van der Waals surface area contributed by atoms with Crippen molar-refractivity contribution in [2.24, 2.45) is 11.8 Å². The molecule has 178 valence electrons. The van der Waals surface area contributed by atoms with E-state index in [-0.39, 0.29) is 35.5 Å². The number of carbonyl (C=O) groups is 2. The van der Waals surface area contributed by atoms with Gasteiger partial charge in [0.05, 0.1) is 6.54 Å². The maximum Gasteiger partial charge on any atom is 0.273 e. The number of amides is 2. The Morgan fingerprint density at radius 2 is 2.00 bits per heavy atom. The molecule has 34 heavy (non-hydrogen) atoms. The van der Waals surface area contributed by atoms with Crippen LogP contribution in [0.5, 0.6) is 0 Å². The van der Waals surface area contributed by atoms with Crippen LogP contribution in [0.25, 0.3) is 10.9 Å². The lowest BCUT2D eigenvalue weighted by molar-refractivity contribution is -0.124. The zero-order valence-electron chi connectivity index (χ0n) is 18.7. The first-order valence-corrected chi connectivity index (χ1v) is 11.2. The van der Waals surface area contributed by atoms with Gasteiger partial charge in [-0.25, -0.2) is 8.78 Å². The molecule has 10 heteroatoms. The average Bonchev–Trinajstić information content (AvgIpc) is 3.35. The fourth-order valence-electron chi connectivity index (χ4n) is 5.15. The van der Waals surface area contributed by atoms with E-state index >= 15 is 0 Å². The van der Waals surface area contributed by atoms with Crippen molar-refractivity contribution in [3.8, 4) is 0 Å². The van der Waals surface area contributed by atoms with Gasteiger partial charge in [0.1, 0.15) is 22.8 Å². The molecule has 0 spiro atoms. The van der Waals surface area contributed by atoms with Crippen LogP contribution < -0.4 is 16.2 Å². The van der Waals surface area contributed by atoms with Crippen LogP contribution in [0.2, 0.25) is 0 Å². The number of fused-ring (bicyclic) bond motifs is 2. The summed E-state index contributed by atoms with van der Waals surface area (Å²) in [5.41, 5.74) is 1.06. The third-order valence-electron chi connectivity index (χ3n) is 6.87. The molecule has 2 atom stereocenters. The minimum absolute atomic E-state index is 0.0358. The molecule has 3 aromatic rings. The van der Waals surface area contributed by atoms with E-state index in [0.717, 1.165) is 31.1 Å². The molecule has 0 radical (unpaired) electrons. The summed E-state index contributed by atoms with van der Waals surface area (Å²) in [6, 6.07) is 4.99. The van der Waals surface area contributed by atoms with Gasteiger partial charge < -0.3 is 20.2 Å². The minimum atomic E-state index is -0.692. The van der Waals surface area contributed by atoms with Gasteiger partial charge in [-0.1, -0.05) is 6.07 Å². The summed E-state index contributed by atoms with van der Waals surface area (Å²) in [5, 5.41) is 6.05. The second-order valence-corrected chi connectivity index (χ2v) is 9.01. The van der Waals surface area contributed by atoms with E-state index in [1.807, 2.05) is 0 Å². The number of rotatable bonds is 5. The molecule has 4 heterocycles. The molecule has 0 saturated carbocycles. The van der Waals surface area contributed by atoms with Gasteiger partial charge in [-0.2, -0.15) is 0 Å². The van der Waals surface area contributed by atoms with Crippen molar-refractivity contribution in [2.75, 3.05) is 26.7 Å². The number of nitrogens with zero attached hydrogens (tertiary/aromatic N) is 2. The highest BCUT2D eigenvalue weighted by atomic mass is 19.1. The molecule has 5 rings (SSSR count). The number of aromatic nitrogens is 2. The van der Waals surface area contributed by atoms with E-state index < -0.39 is 23.1 Å². The van der Waals surface area contributed by atoms with Crippen LogP contribution in [0.4, 0.5) is 8.78 Å². The molecule has 2 saturated heterocycles.